The van der Waals surface area contributed by atoms with Gasteiger partial charge in [0.15, 0.2) is 5.78 Å². The molecule has 5 rings (SSSR count). The zero-order valence-electron chi connectivity index (χ0n) is 18.2. The molecule has 0 unspecified atom stereocenters. The standard InChI is InChI=1S/C29H27NO2/c31-27-25-18-10-11-19-26(25)30(24-16-8-3-9-17-24)28(32)29(27,20-22-12-4-1-5-13-22)21-23-14-6-2-7-15-23/h1-9,12-17H,10-11,18-21H2. The summed E-state index contributed by atoms with van der Waals surface area (Å²) in [6, 6.07) is 29.7. The van der Waals surface area contributed by atoms with Crippen LogP contribution in [-0.2, 0) is 22.4 Å². The molecular weight excluding hydrogens is 394 g/mol. The summed E-state index contributed by atoms with van der Waals surface area (Å²) in [4.78, 5) is 30.4. The Kier molecular flexibility index (Phi) is 5.48. The first-order valence-corrected chi connectivity index (χ1v) is 11.4. The lowest BCUT2D eigenvalue weighted by Crippen LogP contribution is -2.56. The van der Waals surface area contributed by atoms with Crippen molar-refractivity contribution in [2.75, 3.05) is 4.90 Å². The first kappa shape index (κ1) is 20.4. The van der Waals surface area contributed by atoms with Gasteiger partial charge in [0.25, 0.3) is 0 Å². The Labute approximate surface area is 189 Å². The number of nitrogens with zero attached hydrogens (tertiary/aromatic N) is 1. The molecule has 0 atom stereocenters. The molecule has 0 saturated heterocycles. The summed E-state index contributed by atoms with van der Waals surface area (Å²) in [5.41, 5.74) is 3.50. The van der Waals surface area contributed by atoms with Gasteiger partial charge in [-0.2, -0.15) is 0 Å². The summed E-state index contributed by atoms with van der Waals surface area (Å²) >= 11 is 0. The molecule has 0 radical (unpaired) electrons. The van der Waals surface area contributed by atoms with Crippen LogP contribution in [-0.4, -0.2) is 11.7 Å². The number of ketones is 1. The molecule has 0 fully saturated rings. The van der Waals surface area contributed by atoms with E-state index in [-0.39, 0.29) is 11.7 Å². The number of anilines is 1. The van der Waals surface area contributed by atoms with Gasteiger partial charge >= 0.3 is 0 Å². The van der Waals surface area contributed by atoms with E-state index in [4.69, 9.17) is 0 Å². The summed E-state index contributed by atoms with van der Waals surface area (Å²) in [6.07, 6.45) is 4.33. The van der Waals surface area contributed by atoms with Crippen molar-refractivity contribution in [2.24, 2.45) is 5.41 Å². The molecule has 0 N–H and O–H groups in total. The lowest BCUT2D eigenvalue weighted by atomic mass is 9.66. The number of allylic oxidation sites excluding steroid dienone is 2. The highest BCUT2D eigenvalue weighted by Gasteiger charge is 2.54. The van der Waals surface area contributed by atoms with Crippen molar-refractivity contribution < 1.29 is 9.59 Å². The zero-order valence-corrected chi connectivity index (χ0v) is 18.2. The third kappa shape index (κ3) is 3.58. The van der Waals surface area contributed by atoms with E-state index in [1.165, 1.54) is 0 Å². The van der Waals surface area contributed by atoms with Crippen LogP contribution in [0, 0.1) is 5.41 Å². The molecule has 3 aromatic rings. The lowest BCUT2D eigenvalue weighted by molar-refractivity contribution is -0.139. The van der Waals surface area contributed by atoms with Gasteiger partial charge in [-0.3, -0.25) is 14.5 Å². The number of Topliss-reactive ketones (excluding diaryl/α,β-unsaturated/α-hetero) is 1. The maximum atomic E-state index is 14.4. The fraction of sp³-hybridized carbons (Fsp3) is 0.241. The number of hydrogen-bond donors (Lipinski definition) is 0. The average Bonchev–Trinajstić information content (AvgIpc) is 2.85. The normalized spacial score (nSPS) is 17.9. The van der Waals surface area contributed by atoms with E-state index < -0.39 is 5.41 Å². The van der Waals surface area contributed by atoms with Gasteiger partial charge in [0, 0.05) is 17.0 Å². The van der Waals surface area contributed by atoms with Crippen molar-refractivity contribution in [3.63, 3.8) is 0 Å². The second-order valence-corrected chi connectivity index (χ2v) is 8.84. The van der Waals surface area contributed by atoms with Crippen molar-refractivity contribution in [3.05, 3.63) is 113 Å². The summed E-state index contributed by atoms with van der Waals surface area (Å²) in [5.74, 6) is -0.0702. The van der Waals surface area contributed by atoms with Gasteiger partial charge in [-0.25, -0.2) is 0 Å². The number of rotatable bonds is 5. The second-order valence-electron chi connectivity index (χ2n) is 8.84. The zero-order chi connectivity index (χ0) is 22.0. The minimum absolute atomic E-state index is 0.0251. The molecular formula is C29H27NO2. The Morgan fingerprint density at radius 1 is 0.656 bits per heavy atom. The predicted octanol–water partition coefficient (Wildman–Crippen LogP) is 5.90. The second kappa shape index (κ2) is 8.58. The molecule has 3 heteroatoms. The van der Waals surface area contributed by atoms with Gasteiger partial charge in [0.1, 0.15) is 5.41 Å². The van der Waals surface area contributed by atoms with E-state index in [0.717, 1.165) is 53.8 Å². The number of hydrogen-bond acceptors (Lipinski definition) is 2. The minimum Gasteiger partial charge on any atom is -0.293 e. The van der Waals surface area contributed by atoms with E-state index in [0.29, 0.717) is 12.8 Å². The van der Waals surface area contributed by atoms with Gasteiger partial charge < -0.3 is 0 Å². The third-order valence-corrected chi connectivity index (χ3v) is 6.74. The Hall–Kier alpha value is -3.46. The van der Waals surface area contributed by atoms with E-state index >= 15 is 0 Å². The maximum absolute atomic E-state index is 14.4. The smallest absolute Gasteiger partial charge is 0.246 e. The fourth-order valence-corrected chi connectivity index (χ4v) is 5.22. The van der Waals surface area contributed by atoms with Gasteiger partial charge in [-0.1, -0.05) is 78.9 Å². The minimum atomic E-state index is -1.14. The van der Waals surface area contributed by atoms with E-state index in [2.05, 4.69) is 0 Å². The highest BCUT2D eigenvalue weighted by molar-refractivity contribution is 6.23. The van der Waals surface area contributed by atoms with Crippen LogP contribution < -0.4 is 4.90 Å². The van der Waals surface area contributed by atoms with Crippen LogP contribution in [0.2, 0.25) is 0 Å². The van der Waals surface area contributed by atoms with Crippen molar-refractivity contribution in [1.29, 1.82) is 0 Å². The number of amides is 1. The monoisotopic (exact) mass is 421 g/mol. The first-order valence-electron chi connectivity index (χ1n) is 11.4. The number of carbonyl (C=O) groups excluding carboxylic acids is 2. The highest BCUT2D eigenvalue weighted by Crippen LogP contribution is 2.45. The summed E-state index contributed by atoms with van der Waals surface area (Å²) in [5, 5.41) is 0. The average molecular weight is 422 g/mol. The largest absolute Gasteiger partial charge is 0.293 e. The molecule has 1 amide bonds. The van der Waals surface area contributed by atoms with Crippen LogP contribution in [0.3, 0.4) is 0 Å². The Morgan fingerprint density at radius 2 is 1.16 bits per heavy atom. The van der Waals surface area contributed by atoms with E-state index in [9.17, 15) is 9.59 Å². The fourth-order valence-electron chi connectivity index (χ4n) is 5.22. The van der Waals surface area contributed by atoms with Crippen LogP contribution in [0.1, 0.15) is 36.8 Å². The first-order chi connectivity index (χ1) is 15.7. The number of benzene rings is 3. The number of carbonyl (C=O) groups is 2. The molecule has 1 heterocycles. The molecule has 1 aliphatic heterocycles. The van der Waals surface area contributed by atoms with Gasteiger partial charge in [0.2, 0.25) is 5.91 Å². The van der Waals surface area contributed by atoms with Crippen LogP contribution in [0.15, 0.2) is 102 Å². The van der Waals surface area contributed by atoms with Crippen LogP contribution in [0.5, 0.6) is 0 Å². The van der Waals surface area contributed by atoms with Gasteiger partial charge in [-0.15, -0.1) is 0 Å². The molecule has 1 aliphatic carbocycles. The maximum Gasteiger partial charge on any atom is 0.246 e. The summed E-state index contributed by atoms with van der Waals surface area (Å²) in [7, 11) is 0. The Balaban J connectivity index is 1.70. The Morgan fingerprint density at radius 3 is 1.72 bits per heavy atom. The van der Waals surface area contributed by atoms with E-state index in [1.54, 1.807) is 0 Å². The molecule has 32 heavy (non-hydrogen) atoms. The van der Waals surface area contributed by atoms with Crippen molar-refractivity contribution >= 4 is 17.4 Å². The van der Waals surface area contributed by atoms with Gasteiger partial charge in [-0.05, 0) is 61.8 Å². The van der Waals surface area contributed by atoms with Crippen molar-refractivity contribution in [3.8, 4) is 0 Å². The van der Waals surface area contributed by atoms with Gasteiger partial charge in [0.05, 0.1) is 0 Å². The highest BCUT2D eigenvalue weighted by atomic mass is 16.2. The summed E-state index contributed by atoms with van der Waals surface area (Å²) in [6.45, 7) is 0. The SMILES string of the molecule is O=C1C2=C(CCCC2)N(c2ccccc2)C(=O)C1(Cc1ccccc1)Cc1ccccc1. The molecule has 3 aromatic carbocycles. The van der Waals surface area contributed by atoms with E-state index in [1.807, 2.05) is 95.9 Å². The topological polar surface area (TPSA) is 37.4 Å². The molecule has 0 saturated carbocycles. The van der Waals surface area contributed by atoms with Crippen molar-refractivity contribution in [1.82, 2.24) is 0 Å². The van der Waals surface area contributed by atoms with Crippen LogP contribution in [0.4, 0.5) is 5.69 Å². The number of para-hydroxylation sites is 1. The molecule has 0 aromatic heterocycles. The lowest BCUT2D eigenvalue weighted by Gasteiger charge is -2.44. The van der Waals surface area contributed by atoms with Crippen LogP contribution in [0.25, 0.3) is 0 Å². The van der Waals surface area contributed by atoms with Crippen LogP contribution >= 0.6 is 0 Å². The molecule has 0 spiro atoms. The summed E-state index contributed by atoms with van der Waals surface area (Å²) < 4.78 is 0. The molecule has 2 aliphatic rings. The Bertz CT molecular complexity index is 1110. The quantitative estimate of drug-likeness (QED) is 0.481. The molecule has 0 bridgehead atoms. The third-order valence-electron chi connectivity index (χ3n) is 6.74. The van der Waals surface area contributed by atoms with Crippen molar-refractivity contribution in [2.45, 2.75) is 38.5 Å². The molecule has 160 valence electrons. The predicted molar refractivity (Wildman–Crippen MR) is 127 cm³/mol. The molecule has 3 nitrogen and oxygen atoms in total.